The maximum Gasteiger partial charge on any atom is 0.265 e. The van der Waals surface area contributed by atoms with E-state index in [2.05, 4.69) is 5.32 Å². The van der Waals surface area contributed by atoms with Gasteiger partial charge in [0.25, 0.3) is 5.91 Å². The fraction of sp³-hybridized carbons (Fsp3) is 0.188. The van der Waals surface area contributed by atoms with E-state index in [1.165, 1.54) is 24.3 Å². The van der Waals surface area contributed by atoms with Crippen molar-refractivity contribution < 1.29 is 17.9 Å². The maximum absolute atomic E-state index is 12.1. The highest BCUT2D eigenvalue weighted by atomic mass is 32.2. The normalized spacial score (nSPS) is 12.5. The number of carbonyl (C=O) groups excluding carboxylic acids is 1. The van der Waals surface area contributed by atoms with Crippen molar-refractivity contribution in [3.8, 4) is 5.75 Å². The van der Waals surface area contributed by atoms with E-state index >= 15 is 0 Å². The Morgan fingerprint density at radius 3 is 2.17 bits per heavy atom. The van der Waals surface area contributed by atoms with Gasteiger partial charge >= 0.3 is 0 Å². The van der Waals surface area contributed by atoms with Gasteiger partial charge in [0.15, 0.2) is 6.10 Å². The highest BCUT2D eigenvalue weighted by molar-refractivity contribution is 7.89. The van der Waals surface area contributed by atoms with Crippen molar-refractivity contribution >= 4 is 21.6 Å². The number of nitrogens with two attached hydrogens (primary N) is 1. The number of benzene rings is 2. The van der Waals surface area contributed by atoms with Gasteiger partial charge in [0.05, 0.1) is 4.90 Å². The predicted octanol–water partition coefficient (Wildman–Crippen LogP) is 2.05. The molecule has 0 aromatic heterocycles. The number of ether oxygens (including phenoxy) is 1. The number of nitrogens with one attached hydrogen (secondary N) is 1. The number of aryl methyl sites for hydroxylation is 1. The van der Waals surface area contributed by atoms with E-state index in [0.29, 0.717) is 11.4 Å². The molecule has 6 nitrogen and oxygen atoms in total. The summed E-state index contributed by atoms with van der Waals surface area (Å²) in [6, 6.07) is 13.0. The number of amides is 1. The maximum atomic E-state index is 12.1. The van der Waals surface area contributed by atoms with Gasteiger partial charge in [0, 0.05) is 5.69 Å². The Hall–Kier alpha value is -2.38. The van der Waals surface area contributed by atoms with Crippen LogP contribution in [-0.2, 0) is 14.8 Å². The van der Waals surface area contributed by atoms with E-state index in [-0.39, 0.29) is 10.8 Å². The average Bonchev–Trinajstić information content (AvgIpc) is 2.49. The van der Waals surface area contributed by atoms with Crippen LogP contribution in [0.5, 0.6) is 5.75 Å². The van der Waals surface area contributed by atoms with Crippen molar-refractivity contribution in [2.45, 2.75) is 24.8 Å². The molecule has 0 spiro atoms. The summed E-state index contributed by atoms with van der Waals surface area (Å²) >= 11 is 0. The first-order valence-corrected chi connectivity index (χ1v) is 8.47. The molecule has 0 radical (unpaired) electrons. The lowest BCUT2D eigenvalue weighted by Crippen LogP contribution is -2.30. The number of rotatable bonds is 5. The molecule has 3 N–H and O–H groups in total. The van der Waals surface area contributed by atoms with Crippen LogP contribution in [0, 0.1) is 6.92 Å². The number of hydrogen-bond acceptors (Lipinski definition) is 4. The van der Waals surface area contributed by atoms with Crippen LogP contribution in [0.1, 0.15) is 12.5 Å². The molecule has 0 saturated heterocycles. The Morgan fingerprint density at radius 2 is 1.65 bits per heavy atom. The largest absolute Gasteiger partial charge is 0.481 e. The van der Waals surface area contributed by atoms with Gasteiger partial charge in [-0.1, -0.05) is 17.7 Å². The second-order valence-corrected chi connectivity index (χ2v) is 6.69. The molecule has 2 aromatic carbocycles. The van der Waals surface area contributed by atoms with E-state index in [1.807, 2.05) is 19.1 Å². The molecule has 0 heterocycles. The third-order valence-electron chi connectivity index (χ3n) is 3.15. The summed E-state index contributed by atoms with van der Waals surface area (Å²) in [5.41, 5.74) is 1.56. The molecule has 0 bridgehead atoms. The molecule has 2 aromatic rings. The minimum Gasteiger partial charge on any atom is -0.481 e. The van der Waals surface area contributed by atoms with Gasteiger partial charge in [-0.05, 0) is 50.2 Å². The fourth-order valence-corrected chi connectivity index (χ4v) is 2.36. The van der Waals surface area contributed by atoms with Crippen molar-refractivity contribution in [1.29, 1.82) is 0 Å². The van der Waals surface area contributed by atoms with Gasteiger partial charge in [-0.2, -0.15) is 0 Å². The molecule has 0 fully saturated rings. The van der Waals surface area contributed by atoms with Crippen LogP contribution in [0.3, 0.4) is 0 Å². The Balaban J connectivity index is 1.99. The van der Waals surface area contributed by atoms with Gasteiger partial charge in [-0.15, -0.1) is 0 Å². The first-order chi connectivity index (χ1) is 10.8. The van der Waals surface area contributed by atoms with Crippen LogP contribution < -0.4 is 15.2 Å². The quantitative estimate of drug-likeness (QED) is 0.874. The van der Waals surface area contributed by atoms with Crippen molar-refractivity contribution in [2.24, 2.45) is 5.14 Å². The average molecular weight is 334 g/mol. The molecular weight excluding hydrogens is 316 g/mol. The molecule has 1 unspecified atom stereocenters. The van der Waals surface area contributed by atoms with Gasteiger partial charge in [-0.25, -0.2) is 13.6 Å². The third-order valence-corrected chi connectivity index (χ3v) is 4.08. The Labute approximate surface area is 135 Å². The molecule has 0 saturated carbocycles. The zero-order valence-electron chi connectivity index (χ0n) is 12.8. The second kappa shape index (κ2) is 6.80. The number of anilines is 1. The summed E-state index contributed by atoms with van der Waals surface area (Å²) in [5, 5.41) is 7.67. The predicted molar refractivity (Wildman–Crippen MR) is 87.7 cm³/mol. The van der Waals surface area contributed by atoms with Crippen LogP contribution in [0.15, 0.2) is 53.4 Å². The van der Waals surface area contributed by atoms with Crippen LogP contribution >= 0.6 is 0 Å². The van der Waals surface area contributed by atoms with Crippen LogP contribution in [0.25, 0.3) is 0 Å². The molecular formula is C16H18N2O4S. The monoisotopic (exact) mass is 334 g/mol. The fourth-order valence-electron chi connectivity index (χ4n) is 1.85. The first-order valence-electron chi connectivity index (χ1n) is 6.93. The number of primary sulfonamides is 1. The van der Waals surface area contributed by atoms with E-state index in [4.69, 9.17) is 9.88 Å². The number of hydrogen-bond donors (Lipinski definition) is 2. The summed E-state index contributed by atoms with van der Waals surface area (Å²) in [6.07, 6.45) is -0.698. The summed E-state index contributed by atoms with van der Waals surface area (Å²) in [6.45, 7) is 3.60. The van der Waals surface area contributed by atoms with Crippen molar-refractivity contribution in [3.63, 3.8) is 0 Å². The molecule has 1 amide bonds. The van der Waals surface area contributed by atoms with Crippen LogP contribution in [0.2, 0.25) is 0 Å². The Kier molecular flexibility index (Phi) is 5.02. The summed E-state index contributed by atoms with van der Waals surface area (Å²) in [7, 11) is -3.75. The summed E-state index contributed by atoms with van der Waals surface area (Å²) < 4.78 is 27.9. The molecule has 122 valence electrons. The molecule has 7 heteroatoms. The third kappa shape index (κ3) is 4.80. The number of carbonyl (C=O) groups is 1. The summed E-state index contributed by atoms with van der Waals surface area (Å²) in [4.78, 5) is 12.1. The standard InChI is InChI=1S/C16H18N2O4S/c1-11-3-7-14(8-4-11)22-12(2)16(19)18-13-5-9-15(10-6-13)23(17,20)21/h3-10,12H,1-2H3,(H,18,19)(H2,17,20,21). The van der Waals surface area contributed by atoms with Gasteiger partial charge in [-0.3, -0.25) is 4.79 Å². The minimum atomic E-state index is -3.75. The lowest BCUT2D eigenvalue weighted by atomic mass is 10.2. The molecule has 0 aliphatic heterocycles. The molecule has 23 heavy (non-hydrogen) atoms. The lowest BCUT2D eigenvalue weighted by Gasteiger charge is -2.15. The van der Waals surface area contributed by atoms with Gasteiger partial charge in [0.2, 0.25) is 10.0 Å². The SMILES string of the molecule is Cc1ccc(OC(C)C(=O)Nc2ccc(S(N)(=O)=O)cc2)cc1. The topological polar surface area (TPSA) is 98.5 Å². The lowest BCUT2D eigenvalue weighted by molar-refractivity contribution is -0.122. The molecule has 0 aliphatic carbocycles. The minimum absolute atomic E-state index is 0.0144. The van der Waals surface area contributed by atoms with E-state index < -0.39 is 16.1 Å². The molecule has 2 rings (SSSR count). The zero-order chi connectivity index (χ0) is 17.0. The molecule has 0 aliphatic rings. The highest BCUT2D eigenvalue weighted by Crippen LogP contribution is 2.16. The number of sulfonamides is 1. The van der Waals surface area contributed by atoms with Crippen LogP contribution in [0.4, 0.5) is 5.69 Å². The van der Waals surface area contributed by atoms with E-state index in [9.17, 15) is 13.2 Å². The highest BCUT2D eigenvalue weighted by Gasteiger charge is 2.15. The van der Waals surface area contributed by atoms with Crippen molar-refractivity contribution in [2.75, 3.05) is 5.32 Å². The Bertz CT molecular complexity index is 784. The smallest absolute Gasteiger partial charge is 0.265 e. The van der Waals surface area contributed by atoms with E-state index in [0.717, 1.165) is 5.56 Å². The zero-order valence-corrected chi connectivity index (χ0v) is 13.6. The van der Waals surface area contributed by atoms with E-state index in [1.54, 1.807) is 19.1 Å². The van der Waals surface area contributed by atoms with Gasteiger partial charge < -0.3 is 10.1 Å². The van der Waals surface area contributed by atoms with Crippen molar-refractivity contribution in [3.05, 3.63) is 54.1 Å². The Morgan fingerprint density at radius 1 is 1.09 bits per heavy atom. The van der Waals surface area contributed by atoms with Crippen molar-refractivity contribution in [1.82, 2.24) is 0 Å². The second-order valence-electron chi connectivity index (χ2n) is 5.13. The first kappa shape index (κ1) is 17.0. The van der Waals surface area contributed by atoms with Gasteiger partial charge in [0.1, 0.15) is 5.75 Å². The molecule has 1 atom stereocenters. The van der Waals surface area contributed by atoms with Crippen LogP contribution in [-0.4, -0.2) is 20.4 Å². The summed E-state index contributed by atoms with van der Waals surface area (Å²) in [5.74, 6) is 0.261.